The summed E-state index contributed by atoms with van der Waals surface area (Å²) in [5.41, 5.74) is 1.83. The number of anilines is 1. The number of carbonyl (C=O) groups excluding carboxylic acids is 1. The van der Waals surface area contributed by atoms with Crippen molar-refractivity contribution in [2.75, 3.05) is 50.9 Å². The minimum Gasteiger partial charge on any atom is -0.462 e. The molecule has 2 aliphatic heterocycles. The molecule has 7 heteroatoms. The topological polar surface area (TPSA) is 54.9 Å². The van der Waals surface area contributed by atoms with Gasteiger partial charge in [-0.05, 0) is 44.4 Å². The molecule has 2 fully saturated rings. The van der Waals surface area contributed by atoms with Crippen molar-refractivity contribution in [1.82, 2.24) is 9.88 Å². The molecule has 2 aromatic rings. The Morgan fingerprint density at radius 1 is 1.24 bits per heavy atom. The van der Waals surface area contributed by atoms with E-state index in [2.05, 4.69) is 14.8 Å². The number of hydrogen-bond acceptors (Lipinski definition) is 6. The molecule has 0 radical (unpaired) electrons. The first-order chi connectivity index (χ1) is 14.2. The van der Waals surface area contributed by atoms with E-state index in [1.54, 1.807) is 19.2 Å². The molecular formula is C22H28FN3O3. The molecule has 0 saturated carbocycles. The van der Waals surface area contributed by atoms with Crippen LogP contribution in [0.4, 0.5) is 10.1 Å². The van der Waals surface area contributed by atoms with Gasteiger partial charge in [-0.3, -0.25) is 9.88 Å². The largest absolute Gasteiger partial charge is 0.462 e. The van der Waals surface area contributed by atoms with Crippen molar-refractivity contribution >= 4 is 22.6 Å². The molecule has 1 aromatic heterocycles. The zero-order chi connectivity index (χ0) is 20.2. The molecule has 4 rings (SSSR count). The van der Waals surface area contributed by atoms with E-state index in [1.165, 1.54) is 12.1 Å². The van der Waals surface area contributed by atoms with Crippen LogP contribution in [0.2, 0.25) is 0 Å². The number of fused-ring (bicyclic) bond motifs is 1. The van der Waals surface area contributed by atoms with Crippen LogP contribution in [0, 0.1) is 5.82 Å². The van der Waals surface area contributed by atoms with Gasteiger partial charge < -0.3 is 14.4 Å². The Balaban J connectivity index is 1.66. The van der Waals surface area contributed by atoms with Gasteiger partial charge in [0, 0.05) is 57.0 Å². The van der Waals surface area contributed by atoms with Crippen molar-refractivity contribution in [1.29, 1.82) is 0 Å². The third-order valence-electron chi connectivity index (χ3n) is 5.85. The lowest BCUT2D eigenvalue weighted by molar-refractivity contribution is 0.0365. The summed E-state index contributed by atoms with van der Waals surface area (Å²) in [7, 11) is 0. The Morgan fingerprint density at radius 3 is 2.86 bits per heavy atom. The fraction of sp³-hybridized carbons (Fsp3) is 0.545. The molecule has 0 spiro atoms. The van der Waals surface area contributed by atoms with Crippen LogP contribution in [0.15, 0.2) is 24.4 Å². The maximum Gasteiger partial charge on any atom is 0.341 e. The minimum absolute atomic E-state index is 0.289. The number of esters is 1. The lowest BCUT2D eigenvalue weighted by Gasteiger charge is -2.33. The highest BCUT2D eigenvalue weighted by Gasteiger charge is 2.27. The van der Waals surface area contributed by atoms with E-state index >= 15 is 0 Å². The summed E-state index contributed by atoms with van der Waals surface area (Å²) in [6.07, 6.45) is 4.68. The van der Waals surface area contributed by atoms with E-state index in [9.17, 15) is 9.18 Å². The van der Waals surface area contributed by atoms with Gasteiger partial charge in [0.25, 0.3) is 0 Å². The molecule has 1 aromatic carbocycles. The monoisotopic (exact) mass is 401 g/mol. The maximum atomic E-state index is 14.1. The van der Waals surface area contributed by atoms with E-state index in [1.807, 2.05) is 0 Å². The zero-order valence-electron chi connectivity index (χ0n) is 16.9. The van der Waals surface area contributed by atoms with Crippen LogP contribution in [0.3, 0.4) is 0 Å². The third-order valence-corrected chi connectivity index (χ3v) is 5.85. The first-order valence-electron chi connectivity index (χ1n) is 10.5. The summed E-state index contributed by atoms with van der Waals surface area (Å²) in [5, 5.41) is 0.662. The Morgan fingerprint density at radius 2 is 2.07 bits per heavy atom. The summed E-state index contributed by atoms with van der Waals surface area (Å²) in [6.45, 7) is 7.24. The summed E-state index contributed by atoms with van der Waals surface area (Å²) in [5.74, 6) is -0.744. The predicted molar refractivity (Wildman–Crippen MR) is 110 cm³/mol. The van der Waals surface area contributed by atoms with Crippen LogP contribution >= 0.6 is 0 Å². The lowest BCUT2D eigenvalue weighted by atomic mass is 10.1. The van der Waals surface area contributed by atoms with Gasteiger partial charge in [0.2, 0.25) is 0 Å². The Bertz CT molecular complexity index is 870. The molecule has 0 amide bonds. The SMILES string of the molecule is CCOC(=O)c1cnc2ccc(F)cc2c1N1CCCN(C2CCOCC2)CC1. The number of pyridine rings is 1. The summed E-state index contributed by atoms with van der Waals surface area (Å²) in [4.78, 5) is 21.7. The number of rotatable bonds is 4. The van der Waals surface area contributed by atoms with Gasteiger partial charge in [-0.15, -0.1) is 0 Å². The molecule has 2 aliphatic rings. The van der Waals surface area contributed by atoms with Crippen LogP contribution in [-0.2, 0) is 9.47 Å². The normalized spacial score (nSPS) is 19.3. The second-order valence-corrected chi connectivity index (χ2v) is 7.62. The van der Waals surface area contributed by atoms with Gasteiger partial charge in [0.05, 0.1) is 17.8 Å². The average Bonchev–Trinajstić information content (AvgIpc) is 3.00. The highest BCUT2D eigenvalue weighted by Crippen LogP contribution is 2.32. The Kier molecular flexibility index (Phi) is 6.25. The molecule has 29 heavy (non-hydrogen) atoms. The minimum atomic E-state index is -0.410. The molecule has 6 nitrogen and oxygen atoms in total. The van der Waals surface area contributed by atoms with Gasteiger partial charge in [-0.25, -0.2) is 9.18 Å². The van der Waals surface area contributed by atoms with Gasteiger partial charge in [0.15, 0.2) is 0 Å². The number of nitrogens with zero attached hydrogens (tertiary/aromatic N) is 3. The molecule has 0 bridgehead atoms. The first-order valence-corrected chi connectivity index (χ1v) is 10.5. The molecule has 0 unspecified atom stereocenters. The smallest absolute Gasteiger partial charge is 0.341 e. The second-order valence-electron chi connectivity index (χ2n) is 7.62. The van der Waals surface area contributed by atoms with Crippen molar-refractivity contribution < 1.29 is 18.7 Å². The van der Waals surface area contributed by atoms with Crippen LogP contribution in [0.25, 0.3) is 10.9 Å². The fourth-order valence-electron chi connectivity index (χ4n) is 4.43. The second kappa shape index (κ2) is 9.05. The van der Waals surface area contributed by atoms with Gasteiger partial charge in [-0.2, -0.15) is 0 Å². The van der Waals surface area contributed by atoms with Crippen LogP contribution < -0.4 is 4.90 Å². The summed E-state index contributed by atoms with van der Waals surface area (Å²) < 4.78 is 24.8. The van der Waals surface area contributed by atoms with Crippen molar-refractivity contribution in [2.24, 2.45) is 0 Å². The van der Waals surface area contributed by atoms with Gasteiger partial charge in [-0.1, -0.05) is 0 Å². The highest BCUT2D eigenvalue weighted by atomic mass is 19.1. The van der Waals surface area contributed by atoms with E-state index in [0.29, 0.717) is 22.5 Å². The molecule has 0 atom stereocenters. The predicted octanol–water partition coefficient (Wildman–Crippen LogP) is 3.24. The van der Waals surface area contributed by atoms with E-state index in [-0.39, 0.29) is 12.4 Å². The number of hydrogen-bond donors (Lipinski definition) is 0. The number of halogens is 1. The van der Waals surface area contributed by atoms with Crippen molar-refractivity contribution in [2.45, 2.75) is 32.2 Å². The van der Waals surface area contributed by atoms with Crippen molar-refractivity contribution in [3.8, 4) is 0 Å². The Hall–Kier alpha value is -2.25. The molecule has 156 valence electrons. The summed E-state index contributed by atoms with van der Waals surface area (Å²) >= 11 is 0. The van der Waals surface area contributed by atoms with Gasteiger partial charge >= 0.3 is 5.97 Å². The van der Waals surface area contributed by atoms with Crippen LogP contribution in [0.1, 0.15) is 36.5 Å². The van der Waals surface area contributed by atoms with Gasteiger partial charge in [0.1, 0.15) is 11.4 Å². The third kappa shape index (κ3) is 4.36. The quantitative estimate of drug-likeness (QED) is 0.733. The van der Waals surface area contributed by atoms with Crippen molar-refractivity contribution in [3.05, 3.63) is 35.8 Å². The first kappa shape index (κ1) is 20.0. The van der Waals surface area contributed by atoms with E-state index in [4.69, 9.17) is 9.47 Å². The number of aromatic nitrogens is 1. The molecular weight excluding hydrogens is 373 g/mol. The number of benzene rings is 1. The van der Waals surface area contributed by atoms with Crippen molar-refractivity contribution in [3.63, 3.8) is 0 Å². The van der Waals surface area contributed by atoms with Crippen LogP contribution in [0.5, 0.6) is 0 Å². The number of carbonyl (C=O) groups is 1. The maximum absolute atomic E-state index is 14.1. The highest BCUT2D eigenvalue weighted by molar-refractivity contribution is 6.05. The zero-order valence-corrected chi connectivity index (χ0v) is 16.9. The molecule has 0 aliphatic carbocycles. The lowest BCUT2D eigenvalue weighted by Crippen LogP contribution is -2.41. The van der Waals surface area contributed by atoms with Crippen LogP contribution in [-0.4, -0.2) is 67.9 Å². The van der Waals surface area contributed by atoms with E-state index < -0.39 is 5.97 Å². The average molecular weight is 401 g/mol. The Labute approximate surface area is 170 Å². The summed E-state index contributed by atoms with van der Waals surface area (Å²) in [6, 6.07) is 5.09. The molecule has 2 saturated heterocycles. The van der Waals surface area contributed by atoms with E-state index in [0.717, 1.165) is 64.3 Å². The number of ether oxygens (including phenoxy) is 2. The fourth-order valence-corrected chi connectivity index (χ4v) is 4.43. The standard InChI is InChI=1S/C22H28FN3O3/c1-2-29-22(27)19-15-24-20-5-4-16(23)14-18(20)21(19)26-9-3-8-25(10-11-26)17-6-12-28-13-7-17/h4-5,14-15,17H,2-3,6-13H2,1H3. The molecule has 3 heterocycles. The molecule has 0 N–H and O–H groups in total.